The molecule has 0 aromatic heterocycles. The third-order valence-corrected chi connectivity index (χ3v) is 5.44. The van der Waals surface area contributed by atoms with Crippen LogP contribution in [0.1, 0.15) is 16.8 Å². The van der Waals surface area contributed by atoms with Gasteiger partial charge in [-0.25, -0.2) is 4.79 Å². The van der Waals surface area contributed by atoms with Gasteiger partial charge in [0.05, 0.1) is 35.3 Å². The van der Waals surface area contributed by atoms with Gasteiger partial charge in [-0.3, -0.25) is 14.5 Å². The monoisotopic (exact) mass is 317 g/mol. The van der Waals surface area contributed by atoms with E-state index in [1.54, 1.807) is 0 Å². The summed E-state index contributed by atoms with van der Waals surface area (Å²) in [5.74, 6) is -4.05. The molecule has 1 saturated heterocycles. The molecular formula is C16H15NO6. The highest BCUT2D eigenvalue weighted by Gasteiger charge is 2.67. The van der Waals surface area contributed by atoms with Crippen molar-refractivity contribution in [3.63, 3.8) is 0 Å². The third-order valence-electron chi connectivity index (χ3n) is 5.44. The molecule has 6 atom stereocenters. The first-order valence-electron chi connectivity index (χ1n) is 7.49. The largest absolute Gasteiger partial charge is 0.478 e. The molecule has 2 aliphatic carbocycles. The van der Waals surface area contributed by atoms with Crippen LogP contribution in [0.3, 0.4) is 0 Å². The van der Waals surface area contributed by atoms with Gasteiger partial charge < -0.3 is 15.3 Å². The maximum atomic E-state index is 12.7. The molecule has 1 heterocycles. The Morgan fingerprint density at radius 2 is 1.61 bits per heavy atom. The molecule has 2 bridgehead atoms. The first-order chi connectivity index (χ1) is 10.9. The van der Waals surface area contributed by atoms with Gasteiger partial charge in [0.2, 0.25) is 11.8 Å². The van der Waals surface area contributed by atoms with Gasteiger partial charge in [-0.2, -0.15) is 0 Å². The van der Waals surface area contributed by atoms with Crippen LogP contribution in [-0.4, -0.2) is 45.3 Å². The number of hydrogen-bond donors (Lipinski definition) is 3. The molecule has 1 aliphatic heterocycles. The molecule has 3 aliphatic rings. The van der Waals surface area contributed by atoms with Crippen molar-refractivity contribution in [1.82, 2.24) is 0 Å². The van der Waals surface area contributed by atoms with E-state index in [9.17, 15) is 24.6 Å². The first-order valence-corrected chi connectivity index (χ1v) is 7.49. The molecule has 0 spiro atoms. The standard InChI is InChI=1S/C16H15NO6/c18-12-8-5-9(13(12)19)11-10(8)14(20)17(15(11)21)7-3-1-2-6(4-7)16(22)23/h1-4,8-13,18-19H,5H2,(H,22,23)/t8-,9+,10-,11+,12-,13+. The Morgan fingerprint density at radius 1 is 1.04 bits per heavy atom. The molecular weight excluding hydrogens is 302 g/mol. The molecule has 0 radical (unpaired) electrons. The average molecular weight is 317 g/mol. The molecule has 23 heavy (non-hydrogen) atoms. The number of carbonyl (C=O) groups excluding carboxylic acids is 2. The third kappa shape index (κ3) is 1.74. The number of anilines is 1. The van der Waals surface area contributed by atoms with E-state index in [-0.39, 0.29) is 11.3 Å². The lowest BCUT2D eigenvalue weighted by Crippen LogP contribution is -2.43. The summed E-state index contributed by atoms with van der Waals surface area (Å²) < 4.78 is 0. The number of imide groups is 1. The fraction of sp³-hybridized carbons (Fsp3) is 0.438. The SMILES string of the molecule is O=C(O)c1cccc(N2C(=O)[C@@H]3[C@H]4C[C@H]([C@H](O)[C@@H]4O)[C@@H]3C2=O)c1. The minimum absolute atomic E-state index is 0.0109. The van der Waals surface area contributed by atoms with Gasteiger partial charge in [0.15, 0.2) is 0 Å². The molecule has 7 nitrogen and oxygen atoms in total. The zero-order chi connectivity index (χ0) is 16.5. The molecule has 4 rings (SSSR count). The molecule has 1 aromatic rings. The molecule has 2 amide bonds. The van der Waals surface area contributed by atoms with Gasteiger partial charge in [-0.1, -0.05) is 6.07 Å². The van der Waals surface area contributed by atoms with Crippen molar-refractivity contribution in [2.45, 2.75) is 18.6 Å². The van der Waals surface area contributed by atoms with Crippen molar-refractivity contribution in [2.75, 3.05) is 4.90 Å². The molecule has 120 valence electrons. The van der Waals surface area contributed by atoms with Crippen LogP contribution < -0.4 is 4.90 Å². The number of aliphatic hydroxyl groups excluding tert-OH is 2. The lowest BCUT2D eigenvalue weighted by atomic mass is 9.78. The lowest BCUT2D eigenvalue weighted by Gasteiger charge is -2.29. The van der Waals surface area contributed by atoms with Gasteiger partial charge in [0.1, 0.15) is 0 Å². The number of rotatable bonds is 2. The smallest absolute Gasteiger partial charge is 0.335 e. The quantitative estimate of drug-likeness (QED) is 0.654. The number of carboxylic acids is 1. The summed E-state index contributed by atoms with van der Waals surface area (Å²) in [5.41, 5.74) is 0.209. The summed E-state index contributed by atoms with van der Waals surface area (Å²) >= 11 is 0. The summed E-state index contributed by atoms with van der Waals surface area (Å²) in [7, 11) is 0. The lowest BCUT2D eigenvalue weighted by molar-refractivity contribution is -0.129. The highest BCUT2D eigenvalue weighted by atomic mass is 16.4. The number of amides is 2. The van der Waals surface area contributed by atoms with Gasteiger partial charge >= 0.3 is 5.97 Å². The Labute approximate surface area is 131 Å². The van der Waals surface area contributed by atoms with Crippen LogP contribution >= 0.6 is 0 Å². The number of fused-ring (bicyclic) bond motifs is 5. The van der Waals surface area contributed by atoms with E-state index in [2.05, 4.69) is 0 Å². The second kappa shape index (κ2) is 4.62. The zero-order valence-electron chi connectivity index (χ0n) is 12.0. The molecule has 2 saturated carbocycles. The summed E-state index contributed by atoms with van der Waals surface area (Å²) in [5, 5.41) is 29.1. The highest BCUT2D eigenvalue weighted by Crippen LogP contribution is 2.56. The topological polar surface area (TPSA) is 115 Å². The predicted molar refractivity (Wildman–Crippen MR) is 76.5 cm³/mol. The number of benzene rings is 1. The van der Waals surface area contributed by atoms with Crippen molar-refractivity contribution < 1.29 is 29.7 Å². The molecule has 1 aromatic carbocycles. The van der Waals surface area contributed by atoms with E-state index in [0.717, 1.165) is 4.90 Å². The number of aliphatic hydroxyl groups is 2. The maximum Gasteiger partial charge on any atom is 0.335 e. The van der Waals surface area contributed by atoms with E-state index in [4.69, 9.17) is 5.11 Å². The molecule has 7 heteroatoms. The van der Waals surface area contributed by atoms with Crippen molar-refractivity contribution >= 4 is 23.5 Å². The van der Waals surface area contributed by atoms with Crippen LogP contribution in [0.25, 0.3) is 0 Å². The van der Waals surface area contributed by atoms with Crippen LogP contribution in [0.2, 0.25) is 0 Å². The van der Waals surface area contributed by atoms with E-state index >= 15 is 0 Å². The number of carbonyl (C=O) groups is 3. The predicted octanol–water partition coefficient (Wildman–Crippen LogP) is -0.138. The Morgan fingerprint density at radius 3 is 2.13 bits per heavy atom. The van der Waals surface area contributed by atoms with Crippen molar-refractivity contribution in [3.8, 4) is 0 Å². The maximum absolute atomic E-state index is 12.7. The number of hydrogen-bond acceptors (Lipinski definition) is 5. The fourth-order valence-electron chi connectivity index (χ4n) is 4.46. The van der Waals surface area contributed by atoms with Crippen LogP contribution in [0.4, 0.5) is 5.69 Å². The number of nitrogens with zero attached hydrogens (tertiary/aromatic N) is 1. The molecule has 0 unspecified atom stereocenters. The number of aromatic carboxylic acids is 1. The average Bonchev–Trinajstić information content (AvgIpc) is 3.12. The van der Waals surface area contributed by atoms with Crippen LogP contribution in [0.15, 0.2) is 24.3 Å². The van der Waals surface area contributed by atoms with Crippen LogP contribution in [0.5, 0.6) is 0 Å². The Kier molecular flexibility index (Phi) is 2.88. The highest BCUT2D eigenvalue weighted by molar-refractivity contribution is 6.22. The minimum Gasteiger partial charge on any atom is -0.478 e. The first kappa shape index (κ1) is 14.3. The zero-order valence-corrected chi connectivity index (χ0v) is 12.0. The van der Waals surface area contributed by atoms with Crippen molar-refractivity contribution in [3.05, 3.63) is 29.8 Å². The normalized spacial score (nSPS) is 38.3. The fourth-order valence-corrected chi connectivity index (χ4v) is 4.46. The van der Waals surface area contributed by atoms with Gasteiger partial charge in [-0.05, 0) is 24.6 Å². The van der Waals surface area contributed by atoms with E-state index < -0.39 is 53.7 Å². The molecule has 3 fully saturated rings. The van der Waals surface area contributed by atoms with E-state index in [0.29, 0.717) is 6.42 Å². The van der Waals surface area contributed by atoms with E-state index in [1.165, 1.54) is 24.3 Å². The van der Waals surface area contributed by atoms with Gasteiger partial charge in [0, 0.05) is 11.8 Å². The van der Waals surface area contributed by atoms with Crippen molar-refractivity contribution in [2.24, 2.45) is 23.7 Å². The second-order valence-corrected chi connectivity index (χ2v) is 6.46. The number of carboxylic acid groups (broad SMARTS) is 1. The summed E-state index contributed by atoms with van der Waals surface area (Å²) in [4.78, 5) is 37.5. The second-order valence-electron chi connectivity index (χ2n) is 6.46. The van der Waals surface area contributed by atoms with E-state index in [1.807, 2.05) is 0 Å². The molecule has 3 N–H and O–H groups in total. The van der Waals surface area contributed by atoms with Gasteiger partial charge in [-0.15, -0.1) is 0 Å². The van der Waals surface area contributed by atoms with Crippen LogP contribution in [0, 0.1) is 23.7 Å². The minimum atomic E-state index is -1.14. The van der Waals surface area contributed by atoms with Crippen LogP contribution in [-0.2, 0) is 9.59 Å². The summed E-state index contributed by atoms with van der Waals surface area (Å²) in [6.07, 6.45) is -1.50. The summed E-state index contributed by atoms with van der Waals surface area (Å²) in [6.45, 7) is 0. The Bertz CT molecular complexity index is 699. The van der Waals surface area contributed by atoms with Gasteiger partial charge in [0.25, 0.3) is 0 Å². The van der Waals surface area contributed by atoms with Crippen molar-refractivity contribution in [1.29, 1.82) is 0 Å². The Hall–Kier alpha value is -2.25. The Balaban J connectivity index is 1.73. The summed E-state index contributed by atoms with van der Waals surface area (Å²) in [6, 6.07) is 5.66.